The fourth-order valence-corrected chi connectivity index (χ4v) is 5.50. The van der Waals surface area contributed by atoms with Crippen LogP contribution in [0.25, 0.3) is 0 Å². The lowest BCUT2D eigenvalue weighted by Crippen LogP contribution is -2.50. The molecule has 0 bridgehead atoms. The number of carbonyl (C=O) groups is 1. The fourth-order valence-electron chi connectivity index (χ4n) is 3.94. The summed E-state index contributed by atoms with van der Waals surface area (Å²) in [6, 6.07) is 18.4. The summed E-state index contributed by atoms with van der Waals surface area (Å²) in [5.41, 5.74) is 3.24. The third-order valence-electron chi connectivity index (χ3n) is 5.80. The largest absolute Gasteiger partial charge is 0.497 e. The van der Waals surface area contributed by atoms with E-state index in [0.717, 1.165) is 16.7 Å². The summed E-state index contributed by atoms with van der Waals surface area (Å²) in [6.45, 7) is 2.01. The molecule has 1 heterocycles. The maximum atomic E-state index is 13.6. The summed E-state index contributed by atoms with van der Waals surface area (Å²) >= 11 is 0. The molecule has 1 aliphatic heterocycles. The van der Waals surface area contributed by atoms with E-state index in [2.05, 4.69) is 5.32 Å². The van der Waals surface area contributed by atoms with Gasteiger partial charge in [-0.3, -0.25) is 4.79 Å². The molecule has 1 atom stereocenters. The lowest BCUT2D eigenvalue weighted by molar-refractivity contribution is -0.120. The standard InChI is InChI=1S/C25H26N2O5S/c1-17-8-11-21(12-9-17)33(29,30)27-16-19-7-5-4-6-18(19)14-23(27)25(28)26-22-13-10-20(31-2)15-24(22)32-3/h4-13,15,23H,14,16H2,1-3H3,(H,26,28). The van der Waals surface area contributed by atoms with Crippen molar-refractivity contribution in [1.29, 1.82) is 0 Å². The molecule has 0 saturated heterocycles. The molecule has 1 N–H and O–H groups in total. The number of anilines is 1. The van der Waals surface area contributed by atoms with Gasteiger partial charge in [0.05, 0.1) is 24.8 Å². The molecule has 1 aliphatic rings. The average Bonchev–Trinajstić information content (AvgIpc) is 2.83. The Labute approximate surface area is 194 Å². The van der Waals surface area contributed by atoms with Crippen molar-refractivity contribution in [2.75, 3.05) is 19.5 Å². The Balaban J connectivity index is 1.71. The van der Waals surface area contributed by atoms with Crippen molar-refractivity contribution >= 4 is 21.6 Å². The Hall–Kier alpha value is -3.36. The van der Waals surface area contributed by atoms with Crippen molar-refractivity contribution < 1.29 is 22.7 Å². The van der Waals surface area contributed by atoms with Crippen LogP contribution in [0.1, 0.15) is 16.7 Å². The van der Waals surface area contributed by atoms with Gasteiger partial charge in [-0.15, -0.1) is 0 Å². The number of hydrogen-bond donors (Lipinski definition) is 1. The maximum Gasteiger partial charge on any atom is 0.244 e. The Bertz CT molecular complexity index is 1270. The zero-order valence-electron chi connectivity index (χ0n) is 18.7. The molecule has 1 unspecified atom stereocenters. The van der Waals surface area contributed by atoms with Crippen LogP contribution in [0.2, 0.25) is 0 Å². The van der Waals surface area contributed by atoms with Gasteiger partial charge >= 0.3 is 0 Å². The summed E-state index contributed by atoms with van der Waals surface area (Å²) in [6.07, 6.45) is 0.269. The molecule has 1 amide bonds. The van der Waals surface area contributed by atoms with Gasteiger partial charge in [-0.05, 0) is 48.7 Å². The third kappa shape index (κ3) is 4.58. The van der Waals surface area contributed by atoms with Crippen LogP contribution in [0, 0.1) is 6.92 Å². The number of hydrogen-bond acceptors (Lipinski definition) is 5. The molecule has 4 rings (SSSR count). The first-order valence-electron chi connectivity index (χ1n) is 10.5. The quantitative estimate of drug-likeness (QED) is 0.598. The molecule has 7 nitrogen and oxygen atoms in total. The van der Waals surface area contributed by atoms with Crippen LogP contribution in [0.3, 0.4) is 0 Å². The van der Waals surface area contributed by atoms with Gasteiger partial charge in [0.2, 0.25) is 15.9 Å². The third-order valence-corrected chi connectivity index (χ3v) is 7.67. The first kappa shape index (κ1) is 22.8. The van der Waals surface area contributed by atoms with Crippen LogP contribution in [0.4, 0.5) is 5.69 Å². The second-order valence-corrected chi connectivity index (χ2v) is 9.80. The highest BCUT2D eigenvalue weighted by Crippen LogP contribution is 2.32. The minimum atomic E-state index is -3.91. The number of nitrogens with zero attached hydrogens (tertiary/aromatic N) is 1. The minimum Gasteiger partial charge on any atom is -0.497 e. The van der Waals surface area contributed by atoms with Crippen molar-refractivity contribution in [1.82, 2.24) is 4.31 Å². The predicted molar refractivity (Wildman–Crippen MR) is 126 cm³/mol. The molecule has 0 fully saturated rings. The normalized spacial score (nSPS) is 16.0. The Morgan fingerprint density at radius 2 is 1.67 bits per heavy atom. The zero-order chi connectivity index (χ0) is 23.6. The number of ether oxygens (including phenoxy) is 2. The molecule has 33 heavy (non-hydrogen) atoms. The highest BCUT2D eigenvalue weighted by atomic mass is 32.2. The molecule has 0 radical (unpaired) electrons. The topological polar surface area (TPSA) is 84.9 Å². The zero-order valence-corrected chi connectivity index (χ0v) is 19.6. The summed E-state index contributed by atoms with van der Waals surface area (Å²) in [5.74, 6) is 0.579. The van der Waals surface area contributed by atoms with Crippen molar-refractivity contribution in [3.63, 3.8) is 0 Å². The van der Waals surface area contributed by atoms with Gasteiger partial charge in [0, 0.05) is 12.6 Å². The summed E-state index contributed by atoms with van der Waals surface area (Å²) in [5, 5.41) is 2.85. The number of sulfonamides is 1. The van der Waals surface area contributed by atoms with E-state index in [1.807, 2.05) is 31.2 Å². The number of aryl methyl sites for hydroxylation is 1. The van der Waals surface area contributed by atoms with Gasteiger partial charge in [0.25, 0.3) is 0 Å². The Kier molecular flexibility index (Phi) is 6.40. The van der Waals surface area contributed by atoms with Crippen molar-refractivity contribution in [2.45, 2.75) is 30.8 Å². The van der Waals surface area contributed by atoms with E-state index in [9.17, 15) is 13.2 Å². The second-order valence-electron chi connectivity index (χ2n) is 7.91. The van der Waals surface area contributed by atoms with Gasteiger partial charge in [0.15, 0.2) is 0 Å². The molecule has 172 valence electrons. The smallest absolute Gasteiger partial charge is 0.244 e. The van der Waals surface area contributed by atoms with E-state index >= 15 is 0 Å². The lowest BCUT2D eigenvalue weighted by Gasteiger charge is -2.35. The van der Waals surface area contributed by atoms with E-state index < -0.39 is 22.0 Å². The van der Waals surface area contributed by atoms with Crippen LogP contribution >= 0.6 is 0 Å². The summed E-state index contributed by atoms with van der Waals surface area (Å²) < 4.78 is 39.0. The second kappa shape index (κ2) is 9.25. The average molecular weight is 467 g/mol. The monoisotopic (exact) mass is 466 g/mol. The number of fused-ring (bicyclic) bond motifs is 1. The van der Waals surface area contributed by atoms with Crippen LogP contribution in [0.5, 0.6) is 11.5 Å². The van der Waals surface area contributed by atoms with E-state index in [4.69, 9.17) is 9.47 Å². The Morgan fingerprint density at radius 3 is 2.33 bits per heavy atom. The number of amides is 1. The highest BCUT2D eigenvalue weighted by Gasteiger charge is 2.39. The Morgan fingerprint density at radius 1 is 0.970 bits per heavy atom. The first-order valence-corrected chi connectivity index (χ1v) is 12.0. The van der Waals surface area contributed by atoms with Crippen molar-refractivity contribution in [3.8, 4) is 11.5 Å². The molecule has 3 aromatic carbocycles. The van der Waals surface area contributed by atoms with Crippen LogP contribution in [-0.2, 0) is 27.8 Å². The van der Waals surface area contributed by atoms with Gasteiger partial charge in [-0.25, -0.2) is 8.42 Å². The SMILES string of the molecule is COc1ccc(NC(=O)C2Cc3ccccc3CN2S(=O)(=O)c2ccc(C)cc2)c(OC)c1. The van der Waals surface area contributed by atoms with Gasteiger partial charge < -0.3 is 14.8 Å². The minimum absolute atomic E-state index is 0.115. The maximum absolute atomic E-state index is 13.6. The van der Waals surface area contributed by atoms with Gasteiger partial charge in [-0.1, -0.05) is 42.0 Å². The molecule has 0 spiro atoms. The molecular formula is C25H26N2O5S. The highest BCUT2D eigenvalue weighted by molar-refractivity contribution is 7.89. The molecule has 8 heteroatoms. The van der Waals surface area contributed by atoms with Crippen LogP contribution in [-0.4, -0.2) is 38.9 Å². The number of rotatable bonds is 6. The lowest BCUT2D eigenvalue weighted by atomic mass is 9.95. The van der Waals surface area contributed by atoms with Crippen molar-refractivity contribution in [3.05, 3.63) is 83.4 Å². The van der Waals surface area contributed by atoms with E-state index in [1.165, 1.54) is 11.4 Å². The van der Waals surface area contributed by atoms with E-state index in [-0.39, 0.29) is 17.9 Å². The van der Waals surface area contributed by atoms with Crippen molar-refractivity contribution in [2.24, 2.45) is 0 Å². The molecular weight excluding hydrogens is 440 g/mol. The predicted octanol–water partition coefficient (Wildman–Crippen LogP) is 3.77. The molecule has 0 saturated carbocycles. The number of carbonyl (C=O) groups excluding carboxylic acids is 1. The van der Waals surface area contributed by atoms with Crippen LogP contribution < -0.4 is 14.8 Å². The van der Waals surface area contributed by atoms with Gasteiger partial charge in [-0.2, -0.15) is 4.31 Å². The first-order chi connectivity index (χ1) is 15.8. The number of methoxy groups -OCH3 is 2. The fraction of sp³-hybridized carbons (Fsp3) is 0.240. The molecule has 0 aliphatic carbocycles. The van der Waals surface area contributed by atoms with E-state index in [1.54, 1.807) is 49.6 Å². The summed E-state index contributed by atoms with van der Waals surface area (Å²) in [4.78, 5) is 13.6. The number of benzene rings is 3. The van der Waals surface area contributed by atoms with E-state index in [0.29, 0.717) is 17.2 Å². The molecule has 3 aromatic rings. The number of nitrogens with one attached hydrogen (secondary N) is 1. The van der Waals surface area contributed by atoms with Crippen LogP contribution in [0.15, 0.2) is 71.6 Å². The molecule has 0 aromatic heterocycles. The summed E-state index contributed by atoms with van der Waals surface area (Å²) in [7, 11) is -0.876. The van der Waals surface area contributed by atoms with Gasteiger partial charge in [0.1, 0.15) is 17.5 Å².